The van der Waals surface area contributed by atoms with E-state index in [0.29, 0.717) is 31.9 Å². The van der Waals surface area contributed by atoms with E-state index in [1.54, 1.807) is 40.1 Å². The van der Waals surface area contributed by atoms with Crippen LogP contribution in [0.1, 0.15) is 31.1 Å². The first-order chi connectivity index (χ1) is 13.6. The summed E-state index contributed by atoms with van der Waals surface area (Å²) in [6.07, 6.45) is 0. The maximum atomic E-state index is 14.5. The molecule has 0 atom stereocenters. The molecule has 2 aromatic carbocycles. The van der Waals surface area contributed by atoms with E-state index < -0.39 is 11.2 Å². The van der Waals surface area contributed by atoms with Crippen LogP contribution in [0.15, 0.2) is 46.9 Å². The Morgan fingerprint density at radius 2 is 1.55 bits per heavy atom. The molecule has 1 fully saturated rings. The molecule has 0 unspecified atom stereocenters. The van der Waals surface area contributed by atoms with E-state index in [-0.39, 0.29) is 23.1 Å². The second-order valence-electron chi connectivity index (χ2n) is 8.04. The molecule has 0 aromatic heterocycles. The van der Waals surface area contributed by atoms with Gasteiger partial charge in [0.2, 0.25) is 5.91 Å². The monoisotopic (exact) mass is 462 g/mol. The summed E-state index contributed by atoms with van der Waals surface area (Å²) in [6, 6.07) is 11.3. The van der Waals surface area contributed by atoms with Crippen molar-refractivity contribution in [3.8, 4) is 11.5 Å². The summed E-state index contributed by atoms with van der Waals surface area (Å²) in [7, 11) is 0. The standard InChI is InChI=1S/C22H24BrFN2O3/c1-22(2,3)21(28)26-12-10-25(11-13-26)20(27)15-4-9-19(18(24)14-15)29-17-7-5-16(23)6-8-17/h4-9,14H,10-13H2,1-3H3. The van der Waals surface area contributed by atoms with Gasteiger partial charge in [-0.25, -0.2) is 4.39 Å². The lowest BCUT2D eigenvalue weighted by Gasteiger charge is -2.37. The van der Waals surface area contributed by atoms with Crippen LogP contribution in [0.4, 0.5) is 4.39 Å². The Kier molecular flexibility index (Phi) is 6.27. The fourth-order valence-electron chi connectivity index (χ4n) is 3.12. The van der Waals surface area contributed by atoms with Crippen molar-refractivity contribution in [2.75, 3.05) is 26.2 Å². The van der Waals surface area contributed by atoms with Gasteiger partial charge < -0.3 is 14.5 Å². The molecule has 7 heteroatoms. The maximum absolute atomic E-state index is 14.5. The number of nitrogens with zero attached hydrogens (tertiary/aromatic N) is 2. The zero-order valence-electron chi connectivity index (χ0n) is 16.7. The van der Waals surface area contributed by atoms with Crippen LogP contribution in [0.5, 0.6) is 11.5 Å². The summed E-state index contributed by atoms with van der Waals surface area (Å²) in [5, 5.41) is 0. The molecule has 154 valence electrons. The first-order valence-electron chi connectivity index (χ1n) is 9.47. The summed E-state index contributed by atoms with van der Waals surface area (Å²) < 4.78 is 20.9. The largest absolute Gasteiger partial charge is 0.454 e. The van der Waals surface area contributed by atoms with Gasteiger partial charge in [0.25, 0.3) is 5.91 Å². The topological polar surface area (TPSA) is 49.9 Å². The predicted molar refractivity (Wildman–Crippen MR) is 113 cm³/mol. The molecule has 0 N–H and O–H groups in total. The van der Waals surface area contributed by atoms with Gasteiger partial charge in [-0.2, -0.15) is 0 Å². The Balaban J connectivity index is 1.64. The van der Waals surface area contributed by atoms with Crippen molar-refractivity contribution < 1.29 is 18.7 Å². The summed E-state index contributed by atoms with van der Waals surface area (Å²) in [4.78, 5) is 28.5. The summed E-state index contributed by atoms with van der Waals surface area (Å²) in [5.74, 6) is -0.206. The van der Waals surface area contributed by atoms with Crippen molar-refractivity contribution in [2.24, 2.45) is 5.41 Å². The minimum Gasteiger partial charge on any atom is -0.454 e. The molecule has 1 heterocycles. The molecule has 2 amide bonds. The number of amides is 2. The van der Waals surface area contributed by atoms with E-state index in [0.717, 1.165) is 4.47 Å². The molecule has 0 bridgehead atoms. The number of ether oxygens (including phenoxy) is 1. The van der Waals surface area contributed by atoms with Crippen molar-refractivity contribution >= 4 is 27.7 Å². The number of hydrogen-bond acceptors (Lipinski definition) is 3. The summed E-state index contributed by atoms with van der Waals surface area (Å²) in [6.45, 7) is 7.47. The van der Waals surface area contributed by atoms with Crippen molar-refractivity contribution in [2.45, 2.75) is 20.8 Å². The van der Waals surface area contributed by atoms with E-state index in [1.165, 1.54) is 12.1 Å². The lowest BCUT2D eigenvalue weighted by molar-refractivity contribution is -0.140. The van der Waals surface area contributed by atoms with E-state index in [4.69, 9.17) is 4.74 Å². The Hall–Kier alpha value is -2.41. The van der Waals surface area contributed by atoms with E-state index in [9.17, 15) is 14.0 Å². The molecule has 0 aliphatic carbocycles. The quantitative estimate of drug-likeness (QED) is 0.663. The van der Waals surface area contributed by atoms with Gasteiger partial charge in [-0.15, -0.1) is 0 Å². The van der Waals surface area contributed by atoms with Crippen LogP contribution in [0.2, 0.25) is 0 Å². The molecule has 29 heavy (non-hydrogen) atoms. The van der Waals surface area contributed by atoms with Crippen molar-refractivity contribution in [1.29, 1.82) is 0 Å². The van der Waals surface area contributed by atoms with Crippen LogP contribution in [-0.2, 0) is 4.79 Å². The third kappa shape index (κ3) is 5.15. The number of halogens is 2. The molecule has 1 aliphatic rings. The van der Waals surface area contributed by atoms with Gasteiger partial charge in [-0.3, -0.25) is 9.59 Å². The lowest BCUT2D eigenvalue weighted by atomic mass is 9.94. The fraction of sp³-hybridized carbons (Fsp3) is 0.364. The van der Waals surface area contributed by atoms with Crippen LogP contribution < -0.4 is 4.74 Å². The molecule has 1 aliphatic heterocycles. The van der Waals surface area contributed by atoms with Gasteiger partial charge in [0, 0.05) is 41.6 Å². The van der Waals surface area contributed by atoms with Crippen LogP contribution in [0.25, 0.3) is 0 Å². The highest BCUT2D eigenvalue weighted by Crippen LogP contribution is 2.27. The average molecular weight is 463 g/mol. The Labute approximate surface area is 178 Å². The number of hydrogen-bond donors (Lipinski definition) is 0. The molecular weight excluding hydrogens is 439 g/mol. The highest BCUT2D eigenvalue weighted by molar-refractivity contribution is 9.10. The molecule has 0 spiro atoms. The molecular formula is C22H24BrFN2O3. The second-order valence-corrected chi connectivity index (χ2v) is 8.95. The van der Waals surface area contributed by atoms with Crippen LogP contribution >= 0.6 is 15.9 Å². The van der Waals surface area contributed by atoms with Crippen LogP contribution in [0.3, 0.4) is 0 Å². The molecule has 0 radical (unpaired) electrons. The minimum absolute atomic E-state index is 0.0597. The lowest BCUT2D eigenvalue weighted by Crippen LogP contribution is -2.53. The minimum atomic E-state index is -0.597. The van der Waals surface area contributed by atoms with Gasteiger partial charge >= 0.3 is 0 Å². The average Bonchev–Trinajstić information content (AvgIpc) is 2.69. The zero-order valence-corrected chi connectivity index (χ0v) is 18.3. The Bertz CT molecular complexity index is 901. The summed E-state index contributed by atoms with van der Waals surface area (Å²) >= 11 is 3.34. The van der Waals surface area contributed by atoms with E-state index >= 15 is 0 Å². The highest BCUT2D eigenvalue weighted by Gasteiger charge is 2.31. The van der Waals surface area contributed by atoms with Crippen LogP contribution in [-0.4, -0.2) is 47.8 Å². The number of carbonyl (C=O) groups is 2. The first kappa shape index (κ1) is 21.3. The third-order valence-corrected chi connectivity index (χ3v) is 5.24. The maximum Gasteiger partial charge on any atom is 0.254 e. The van der Waals surface area contributed by atoms with E-state index in [1.807, 2.05) is 20.8 Å². The number of carbonyl (C=O) groups excluding carboxylic acids is 2. The van der Waals surface area contributed by atoms with Crippen LogP contribution in [0, 0.1) is 11.2 Å². The smallest absolute Gasteiger partial charge is 0.254 e. The highest BCUT2D eigenvalue weighted by atomic mass is 79.9. The normalized spacial score (nSPS) is 14.7. The first-order valence-corrected chi connectivity index (χ1v) is 10.3. The number of piperazine rings is 1. The molecule has 5 nitrogen and oxygen atoms in total. The van der Waals surface area contributed by atoms with Crippen molar-refractivity contribution in [3.63, 3.8) is 0 Å². The second kappa shape index (κ2) is 8.53. The number of benzene rings is 2. The van der Waals surface area contributed by atoms with Gasteiger partial charge in [0.15, 0.2) is 11.6 Å². The Morgan fingerprint density at radius 1 is 0.966 bits per heavy atom. The van der Waals surface area contributed by atoms with Gasteiger partial charge in [-0.05, 0) is 42.5 Å². The van der Waals surface area contributed by atoms with Crippen molar-refractivity contribution in [1.82, 2.24) is 9.80 Å². The zero-order chi connectivity index (χ0) is 21.2. The third-order valence-electron chi connectivity index (χ3n) is 4.72. The van der Waals surface area contributed by atoms with Crippen molar-refractivity contribution in [3.05, 3.63) is 58.3 Å². The van der Waals surface area contributed by atoms with Gasteiger partial charge in [-0.1, -0.05) is 36.7 Å². The molecule has 1 saturated heterocycles. The van der Waals surface area contributed by atoms with Gasteiger partial charge in [0.05, 0.1) is 0 Å². The fourth-order valence-corrected chi connectivity index (χ4v) is 3.38. The Morgan fingerprint density at radius 3 is 2.10 bits per heavy atom. The predicted octanol–water partition coefficient (Wildman–Crippen LogP) is 4.71. The number of rotatable bonds is 3. The molecule has 2 aromatic rings. The summed E-state index contributed by atoms with van der Waals surface area (Å²) in [5.41, 5.74) is -0.179. The van der Waals surface area contributed by atoms with E-state index in [2.05, 4.69) is 15.9 Å². The van der Waals surface area contributed by atoms with Gasteiger partial charge in [0.1, 0.15) is 5.75 Å². The SMILES string of the molecule is CC(C)(C)C(=O)N1CCN(C(=O)c2ccc(Oc3ccc(Br)cc3)c(F)c2)CC1. The molecule has 3 rings (SSSR count). The molecule has 0 saturated carbocycles.